The first-order valence-corrected chi connectivity index (χ1v) is 7.37. The topological polar surface area (TPSA) is 19.4 Å². The largest absolute Gasteiger partial charge is 0.363 e. The van der Waals surface area contributed by atoms with E-state index in [0.717, 1.165) is 22.7 Å². The van der Waals surface area contributed by atoms with Crippen LogP contribution >= 0.6 is 11.6 Å². The number of fused-ring (bicyclic) bond motifs is 2. The summed E-state index contributed by atoms with van der Waals surface area (Å²) < 4.78 is 0. The van der Waals surface area contributed by atoms with Crippen LogP contribution in [0.25, 0.3) is 11.1 Å². The highest BCUT2D eigenvalue weighted by molar-refractivity contribution is 6.30. The van der Waals surface area contributed by atoms with Gasteiger partial charge in [0.05, 0.1) is 17.9 Å². The summed E-state index contributed by atoms with van der Waals surface area (Å²) in [6, 6.07) is 10.9. The number of anilines is 1. The molecule has 0 N–H and O–H groups in total. The molecule has 20 heavy (non-hydrogen) atoms. The van der Waals surface area contributed by atoms with E-state index in [4.69, 9.17) is 11.6 Å². The van der Waals surface area contributed by atoms with Crippen LogP contribution in [-0.2, 0) is 0 Å². The maximum absolute atomic E-state index is 5.95. The predicted octanol–water partition coefficient (Wildman–Crippen LogP) is 2.91. The summed E-state index contributed by atoms with van der Waals surface area (Å²) >= 11 is 5.95. The van der Waals surface area contributed by atoms with E-state index in [1.54, 1.807) is 0 Å². The maximum Gasteiger partial charge on any atom is 0.0562 e. The van der Waals surface area contributed by atoms with Crippen LogP contribution in [0.2, 0.25) is 5.02 Å². The SMILES string of the molecule is Clc1ccc(-c2cncc(N3CCN4CC3C4)c2)cc1. The van der Waals surface area contributed by atoms with Crippen LogP contribution in [0, 0.1) is 0 Å². The third-order valence-electron chi connectivity index (χ3n) is 4.27. The zero-order chi connectivity index (χ0) is 13.5. The van der Waals surface area contributed by atoms with Gasteiger partial charge in [0, 0.05) is 43.0 Å². The Bertz CT molecular complexity index is 617. The van der Waals surface area contributed by atoms with Crippen molar-refractivity contribution >= 4 is 17.3 Å². The Morgan fingerprint density at radius 1 is 1.00 bits per heavy atom. The van der Waals surface area contributed by atoms with Gasteiger partial charge in [-0.1, -0.05) is 23.7 Å². The molecule has 0 amide bonds. The van der Waals surface area contributed by atoms with Crippen LogP contribution in [-0.4, -0.2) is 42.1 Å². The van der Waals surface area contributed by atoms with E-state index in [1.165, 1.54) is 25.3 Å². The zero-order valence-corrected chi connectivity index (χ0v) is 11.9. The number of aromatic nitrogens is 1. The van der Waals surface area contributed by atoms with Crippen LogP contribution in [0.3, 0.4) is 0 Å². The molecular weight excluding hydrogens is 270 g/mol. The third-order valence-corrected chi connectivity index (χ3v) is 4.52. The molecule has 5 rings (SSSR count). The molecule has 0 unspecified atom stereocenters. The summed E-state index contributed by atoms with van der Waals surface area (Å²) in [6.07, 6.45) is 3.90. The van der Waals surface area contributed by atoms with Crippen molar-refractivity contribution in [3.05, 3.63) is 47.7 Å². The summed E-state index contributed by atoms with van der Waals surface area (Å²) in [7, 11) is 0. The molecule has 102 valence electrons. The second-order valence-corrected chi connectivity index (χ2v) is 5.98. The number of halogens is 1. The maximum atomic E-state index is 5.95. The molecule has 0 atom stereocenters. The van der Waals surface area contributed by atoms with Gasteiger partial charge >= 0.3 is 0 Å². The van der Waals surface area contributed by atoms with E-state index < -0.39 is 0 Å². The molecule has 2 aromatic rings. The minimum Gasteiger partial charge on any atom is -0.363 e. The van der Waals surface area contributed by atoms with Gasteiger partial charge in [0.2, 0.25) is 0 Å². The number of nitrogens with zero attached hydrogens (tertiary/aromatic N) is 3. The van der Waals surface area contributed by atoms with Crippen molar-refractivity contribution in [1.29, 1.82) is 0 Å². The lowest BCUT2D eigenvalue weighted by Crippen LogP contribution is -2.66. The molecule has 0 saturated carbocycles. The van der Waals surface area contributed by atoms with Crippen LogP contribution in [0.15, 0.2) is 42.7 Å². The van der Waals surface area contributed by atoms with Crippen LogP contribution in [0.1, 0.15) is 0 Å². The fourth-order valence-electron chi connectivity index (χ4n) is 3.08. The monoisotopic (exact) mass is 285 g/mol. The molecule has 0 radical (unpaired) electrons. The molecular formula is C16H16ClN3. The van der Waals surface area contributed by atoms with Crippen molar-refractivity contribution in [3.8, 4) is 11.1 Å². The van der Waals surface area contributed by atoms with Crippen LogP contribution in [0.5, 0.6) is 0 Å². The molecule has 4 heterocycles. The minimum atomic E-state index is 0.672. The van der Waals surface area contributed by atoms with Crippen molar-refractivity contribution in [2.75, 3.05) is 31.1 Å². The molecule has 1 aromatic heterocycles. The molecule has 3 fully saturated rings. The van der Waals surface area contributed by atoms with Crippen molar-refractivity contribution in [3.63, 3.8) is 0 Å². The standard InChI is InChI=1S/C16H16ClN3/c17-14-3-1-12(2-4-14)13-7-15(9-18-8-13)20-6-5-19-10-16(20)11-19/h1-4,7-9,16H,5-6,10-11H2. The van der Waals surface area contributed by atoms with Gasteiger partial charge in [-0.05, 0) is 23.8 Å². The zero-order valence-electron chi connectivity index (χ0n) is 11.2. The summed E-state index contributed by atoms with van der Waals surface area (Å²) in [5.74, 6) is 0. The molecule has 1 aromatic carbocycles. The first kappa shape index (κ1) is 12.2. The Morgan fingerprint density at radius 3 is 2.50 bits per heavy atom. The fourth-order valence-corrected chi connectivity index (χ4v) is 3.21. The molecule has 3 saturated heterocycles. The normalized spacial score (nSPS) is 24.4. The van der Waals surface area contributed by atoms with Gasteiger partial charge in [-0.3, -0.25) is 9.88 Å². The average Bonchev–Trinajstić information content (AvgIpc) is 2.47. The van der Waals surface area contributed by atoms with Crippen molar-refractivity contribution in [2.24, 2.45) is 0 Å². The number of hydrogen-bond donors (Lipinski definition) is 0. The van der Waals surface area contributed by atoms with Gasteiger partial charge < -0.3 is 4.90 Å². The molecule has 3 aliphatic heterocycles. The second kappa shape index (κ2) is 4.76. The number of hydrogen-bond acceptors (Lipinski definition) is 3. The highest BCUT2D eigenvalue weighted by Gasteiger charge is 2.36. The van der Waals surface area contributed by atoms with Gasteiger partial charge in [0.25, 0.3) is 0 Å². The number of pyridine rings is 1. The quantitative estimate of drug-likeness (QED) is 0.846. The van der Waals surface area contributed by atoms with Crippen LogP contribution < -0.4 is 4.90 Å². The second-order valence-electron chi connectivity index (χ2n) is 5.55. The highest BCUT2D eigenvalue weighted by Crippen LogP contribution is 2.29. The summed E-state index contributed by atoms with van der Waals surface area (Å²) in [4.78, 5) is 9.41. The number of piperazine rings is 2. The fraction of sp³-hybridized carbons (Fsp3) is 0.312. The number of benzene rings is 1. The van der Waals surface area contributed by atoms with Gasteiger partial charge in [-0.2, -0.15) is 0 Å². The summed E-state index contributed by atoms with van der Waals surface area (Å²) in [6.45, 7) is 4.68. The van der Waals surface area contributed by atoms with E-state index in [0.29, 0.717) is 6.04 Å². The molecule has 3 nitrogen and oxygen atoms in total. The molecule has 2 bridgehead atoms. The lowest BCUT2D eigenvalue weighted by molar-refractivity contribution is 0.110. The Hall–Kier alpha value is -1.58. The van der Waals surface area contributed by atoms with E-state index in [9.17, 15) is 0 Å². The summed E-state index contributed by atoms with van der Waals surface area (Å²) in [5, 5.41) is 0.767. The smallest absolute Gasteiger partial charge is 0.0562 e. The summed E-state index contributed by atoms with van der Waals surface area (Å²) in [5.41, 5.74) is 3.55. The Labute approximate surface area is 123 Å². The first-order valence-electron chi connectivity index (χ1n) is 6.99. The first-order chi connectivity index (χ1) is 9.79. The van der Waals surface area contributed by atoms with Gasteiger partial charge in [0.1, 0.15) is 0 Å². The molecule has 4 heteroatoms. The predicted molar refractivity (Wildman–Crippen MR) is 82.3 cm³/mol. The van der Waals surface area contributed by atoms with E-state index >= 15 is 0 Å². The van der Waals surface area contributed by atoms with Crippen molar-refractivity contribution in [1.82, 2.24) is 9.88 Å². The van der Waals surface area contributed by atoms with E-state index in [-0.39, 0.29) is 0 Å². The Balaban J connectivity index is 1.65. The Morgan fingerprint density at radius 2 is 1.80 bits per heavy atom. The molecule has 0 spiro atoms. The average molecular weight is 286 g/mol. The lowest BCUT2D eigenvalue weighted by Gasteiger charge is -2.52. The lowest BCUT2D eigenvalue weighted by atomic mass is 10.0. The van der Waals surface area contributed by atoms with Gasteiger partial charge in [0.15, 0.2) is 0 Å². The van der Waals surface area contributed by atoms with Crippen molar-refractivity contribution in [2.45, 2.75) is 6.04 Å². The van der Waals surface area contributed by atoms with Gasteiger partial charge in [-0.25, -0.2) is 0 Å². The van der Waals surface area contributed by atoms with Gasteiger partial charge in [-0.15, -0.1) is 0 Å². The highest BCUT2D eigenvalue weighted by atomic mass is 35.5. The molecule has 3 aliphatic rings. The van der Waals surface area contributed by atoms with Crippen LogP contribution in [0.4, 0.5) is 5.69 Å². The Kier molecular flexibility index (Phi) is 2.90. The van der Waals surface area contributed by atoms with E-state index in [1.807, 2.05) is 36.7 Å². The van der Waals surface area contributed by atoms with E-state index in [2.05, 4.69) is 20.9 Å². The minimum absolute atomic E-state index is 0.672. The van der Waals surface area contributed by atoms with Crippen molar-refractivity contribution < 1.29 is 0 Å². The molecule has 0 aliphatic carbocycles. The third kappa shape index (κ3) is 2.07. The number of rotatable bonds is 2.